The number of carbonyl (C=O) groups is 1. The van der Waals surface area contributed by atoms with Gasteiger partial charge in [-0.2, -0.15) is 0 Å². The molecule has 1 aromatic carbocycles. The summed E-state index contributed by atoms with van der Waals surface area (Å²) in [5.41, 5.74) is 2.48. The Balaban J connectivity index is 1.66. The third kappa shape index (κ3) is 6.18. The van der Waals surface area contributed by atoms with Crippen LogP contribution in [0, 0.1) is 11.3 Å². The van der Waals surface area contributed by atoms with Gasteiger partial charge in [0.05, 0.1) is 24.3 Å². The predicted octanol–water partition coefficient (Wildman–Crippen LogP) is 6.48. The van der Waals surface area contributed by atoms with Crippen molar-refractivity contribution in [3.8, 4) is 0 Å². The largest absolute Gasteiger partial charge is 0.465 e. The number of thioether (sulfide) groups is 1. The second-order valence-electron chi connectivity index (χ2n) is 10.5. The second kappa shape index (κ2) is 11.3. The van der Waals surface area contributed by atoms with E-state index in [1.165, 1.54) is 22.2 Å². The summed E-state index contributed by atoms with van der Waals surface area (Å²) in [5, 5.41) is 1.36. The molecular weight excluding hydrogens is 476 g/mol. The van der Waals surface area contributed by atoms with Crippen LogP contribution < -0.4 is 5.56 Å². The zero-order chi connectivity index (χ0) is 25.0. The molecule has 2 heterocycles. The summed E-state index contributed by atoms with van der Waals surface area (Å²) >= 11 is 2.96. The highest BCUT2D eigenvalue weighted by Gasteiger charge is 2.32. The fourth-order valence-electron chi connectivity index (χ4n) is 4.70. The Morgan fingerprint density at radius 1 is 1.23 bits per heavy atom. The van der Waals surface area contributed by atoms with Gasteiger partial charge in [-0.3, -0.25) is 14.2 Å². The van der Waals surface area contributed by atoms with Crippen molar-refractivity contribution >= 4 is 39.3 Å². The minimum Gasteiger partial charge on any atom is -0.465 e. The average Bonchev–Trinajstić information content (AvgIpc) is 3.20. The Kier molecular flexibility index (Phi) is 8.38. The number of hydrogen-bond donors (Lipinski definition) is 0. The van der Waals surface area contributed by atoms with E-state index in [1.54, 1.807) is 15.9 Å². The molecule has 0 bridgehead atoms. The normalized spacial score (nSPS) is 15.8. The van der Waals surface area contributed by atoms with Crippen LogP contribution >= 0.6 is 23.1 Å². The summed E-state index contributed by atoms with van der Waals surface area (Å²) in [7, 11) is 0. The van der Waals surface area contributed by atoms with Crippen LogP contribution in [-0.4, -0.2) is 27.9 Å². The zero-order valence-electron chi connectivity index (χ0n) is 21.3. The van der Waals surface area contributed by atoms with Gasteiger partial charge in [0.25, 0.3) is 5.56 Å². The monoisotopic (exact) mass is 512 g/mol. The highest BCUT2D eigenvalue weighted by Crippen LogP contribution is 2.42. The summed E-state index contributed by atoms with van der Waals surface area (Å²) in [6.45, 7) is 9.91. The average molecular weight is 513 g/mol. The van der Waals surface area contributed by atoms with E-state index in [9.17, 15) is 9.59 Å². The summed E-state index contributed by atoms with van der Waals surface area (Å²) in [5.74, 6) is 0.493. The minimum atomic E-state index is -0.259. The van der Waals surface area contributed by atoms with E-state index in [1.807, 2.05) is 30.3 Å². The van der Waals surface area contributed by atoms with Crippen molar-refractivity contribution in [3.05, 3.63) is 56.7 Å². The van der Waals surface area contributed by atoms with Gasteiger partial charge in [-0.25, -0.2) is 4.98 Å². The van der Waals surface area contributed by atoms with Crippen LogP contribution in [0.15, 0.2) is 40.3 Å². The van der Waals surface area contributed by atoms with Gasteiger partial charge < -0.3 is 4.74 Å². The van der Waals surface area contributed by atoms with Gasteiger partial charge in [0.15, 0.2) is 5.16 Å². The third-order valence-corrected chi connectivity index (χ3v) is 8.97. The fourth-order valence-corrected chi connectivity index (χ4v) is 6.84. The molecule has 0 saturated heterocycles. The van der Waals surface area contributed by atoms with Gasteiger partial charge in [0.1, 0.15) is 4.83 Å². The molecule has 0 radical (unpaired) electrons. The Hall–Kier alpha value is -2.12. The van der Waals surface area contributed by atoms with E-state index in [4.69, 9.17) is 9.72 Å². The number of nitrogens with zero attached hydrogens (tertiary/aromatic N) is 2. The number of benzene rings is 1. The van der Waals surface area contributed by atoms with Crippen LogP contribution in [0.3, 0.4) is 0 Å². The van der Waals surface area contributed by atoms with Crippen LogP contribution in [0.4, 0.5) is 0 Å². The first kappa shape index (κ1) is 26.0. The van der Waals surface area contributed by atoms with Gasteiger partial charge in [-0.05, 0) is 48.1 Å². The number of hydrogen-bond acceptors (Lipinski definition) is 6. The van der Waals surface area contributed by atoms with Crippen molar-refractivity contribution in [2.45, 2.75) is 77.9 Å². The van der Waals surface area contributed by atoms with E-state index in [-0.39, 0.29) is 22.7 Å². The fraction of sp³-hybridized carbons (Fsp3) is 0.536. The SMILES string of the molecule is CCCCCOC(=O)CSc1nc2sc3c(c2c(=O)n1Cc1ccccc1)CC[C@@H](C(C)(C)C)C3. The Morgan fingerprint density at radius 2 is 2.00 bits per heavy atom. The van der Waals surface area contributed by atoms with Gasteiger partial charge >= 0.3 is 5.97 Å². The number of aryl methyl sites for hydroxylation is 1. The number of ether oxygens (including phenoxy) is 1. The molecule has 0 spiro atoms. The Bertz CT molecular complexity index is 1220. The molecule has 0 unspecified atom stereocenters. The quantitative estimate of drug-likeness (QED) is 0.142. The number of fused-ring (bicyclic) bond motifs is 3. The molecule has 35 heavy (non-hydrogen) atoms. The smallest absolute Gasteiger partial charge is 0.316 e. The minimum absolute atomic E-state index is 0.00405. The van der Waals surface area contributed by atoms with Gasteiger partial charge in [-0.1, -0.05) is 82.6 Å². The van der Waals surface area contributed by atoms with E-state index < -0.39 is 0 Å². The number of esters is 1. The lowest BCUT2D eigenvalue weighted by Gasteiger charge is -2.33. The van der Waals surface area contributed by atoms with Crippen molar-refractivity contribution in [3.63, 3.8) is 0 Å². The summed E-state index contributed by atoms with van der Waals surface area (Å²) in [6, 6.07) is 9.96. The molecule has 4 rings (SSSR count). The molecule has 188 valence electrons. The molecule has 0 saturated carbocycles. The summed E-state index contributed by atoms with van der Waals surface area (Å²) < 4.78 is 7.12. The van der Waals surface area contributed by atoms with E-state index in [0.29, 0.717) is 24.2 Å². The summed E-state index contributed by atoms with van der Waals surface area (Å²) in [4.78, 5) is 33.2. The molecule has 7 heteroatoms. The predicted molar refractivity (Wildman–Crippen MR) is 146 cm³/mol. The van der Waals surface area contributed by atoms with Crippen molar-refractivity contribution in [2.24, 2.45) is 11.3 Å². The van der Waals surface area contributed by atoms with E-state index >= 15 is 0 Å². The number of thiophene rings is 1. The van der Waals surface area contributed by atoms with Crippen LogP contribution in [0.25, 0.3) is 10.2 Å². The van der Waals surface area contributed by atoms with Crippen molar-refractivity contribution in [2.75, 3.05) is 12.4 Å². The maximum absolute atomic E-state index is 13.9. The first-order chi connectivity index (χ1) is 16.8. The first-order valence-electron chi connectivity index (χ1n) is 12.6. The number of carbonyl (C=O) groups excluding carboxylic acids is 1. The number of rotatable bonds is 9. The maximum Gasteiger partial charge on any atom is 0.316 e. The number of unbranched alkanes of at least 4 members (excludes halogenated alkanes) is 2. The van der Waals surface area contributed by atoms with Gasteiger partial charge in [0.2, 0.25) is 0 Å². The molecule has 2 aromatic heterocycles. The molecule has 5 nitrogen and oxygen atoms in total. The van der Waals surface area contributed by atoms with Crippen LogP contribution in [0.5, 0.6) is 0 Å². The summed E-state index contributed by atoms with van der Waals surface area (Å²) in [6.07, 6.45) is 6.05. The highest BCUT2D eigenvalue weighted by molar-refractivity contribution is 7.99. The molecular formula is C28H36N2O3S2. The lowest BCUT2D eigenvalue weighted by Crippen LogP contribution is -2.27. The van der Waals surface area contributed by atoms with Crippen molar-refractivity contribution < 1.29 is 9.53 Å². The number of aromatic nitrogens is 2. The standard InChI is InChI=1S/C28H36N2O3S2/c1-5-6-10-15-33-23(31)18-34-27-29-25-24(26(32)30(27)17-19-11-8-7-9-12-19)21-14-13-20(28(2,3)4)16-22(21)35-25/h7-9,11-12,20H,5-6,10,13-18H2,1-4H3/t20-/m1/s1. The zero-order valence-corrected chi connectivity index (χ0v) is 22.9. The first-order valence-corrected chi connectivity index (χ1v) is 14.5. The van der Waals surface area contributed by atoms with Crippen molar-refractivity contribution in [1.29, 1.82) is 0 Å². The van der Waals surface area contributed by atoms with Crippen LogP contribution in [0.1, 0.15) is 69.4 Å². The molecule has 1 atom stereocenters. The molecule has 0 N–H and O–H groups in total. The highest BCUT2D eigenvalue weighted by atomic mass is 32.2. The third-order valence-electron chi connectivity index (χ3n) is 6.87. The molecule has 0 amide bonds. The Labute approximate surface area is 216 Å². The maximum atomic E-state index is 13.9. The molecule has 1 aliphatic rings. The van der Waals surface area contributed by atoms with Gasteiger partial charge in [-0.15, -0.1) is 11.3 Å². The van der Waals surface area contributed by atoms with E-state index in [0.717, 1.165) is 54.3 Å². The molecule has 3 aromatic rings. The van der Waals surface area contributed by atoms with Crippen LogP contribution in [-0.2, 0) is 28.9 Å². The van der Waals surface area contributed by atoms with Crippen LogP contribution in [0.2, 0.25) is 0 Å². The van der Waals surface area contributed by atoms with E-state index in [2.05, 4.69) is 27.7 Å². The van der Waals surface area contributed by atoms with Crippen molar-refractivity contribution in [1.82, 2.24) is 9.55 Å². The van der Waals surface area contributed by atoms with Gasteiger partial charge in [0, 0.05) is 4.88 Å². The Morgan fingerprint density at radius 3 is 2.71 bits per heavy atom. The molecule has 0 fully saturated rings. The lowest BCUT2D eigenvalue weighted by molar-refractivity contribution is -0.140. The topological polar surface area (TPSA) is 61.2 Å². The second-order valence-corrected chi connectivity index (χ2v) is 12.5. The molecule has 0 aliphatic heterocycles. The lowest BCUT2D eigenvalue weighted by atomic mass is 9.72. The molecule has 1 aliphatic carbocycles.